The minimum atomic E-state index is -5.67. The molecule has 0 aromatic heterocycles. The second-order valence-corrected chi connectivity index (χ2v) is 8.84. The molecule has 0 amide bonds. The molecule has 3 unspecified atom stereocenters. The first kappa shape index (κ1) is 37.7. The summed E-state index contributed by atoms with van der Waals surface area (Å²) in [6.07, 6.45) is 0. The molecule has 5 N–H and O–H groups in total. The summed E-state index contributed by atoms with van der Waals surface area (Å²) in [7, 11) is -20.8. The van der Waals surface area contributed by atoms with Crippen molar-refractivity contribution < 1.29 is 60.0 Å². The second kappa shape index (κ2) is 14.9. The fourth-order valence-corrected chi connectivity index (χ4v) is 5.36. The Morgan fingerprint density at radius 2 is 0.955 bits per heavy atom. The average molecular weight is 466 g/mol. The van der Waals surface area contributed by atoms with E-state index in [1.165, 1.54) is 0 Å². The Morgan fingerprint density at radius 1 is 0.636 bits per heavy atom. The van der Waals surface area contributed by atoms with Gasteiger partial charge in [-0.2, -0.15) is 12.9 Å². The van der Waals surface area contributed by atoms with Crippen LogP contribution in [0.5, 0.6) is 0 Å². The van der Waals surface area contributed by atoms with E-state index in [9.17, 15) is 18.3 Å². The fraction of sp³-hybridized carbons (Fsp3) is 0. The molecule has 118 valence electrons. The Bertz CT molecular complexity index is 475. The molecule has 0 bridgehead atoms. The first-order valence-electron chi connectivity index (χ1n) is 3.24. The maximum atomic E-state index is 11.3. The van der Waals surface area contributed by atoms with Crippen molar-refractivity contribution in [3.05, 3.63) is 0 Å². The van der Waals surface area contributed by atoms with Crippen LogP contribution in [0.3, 0.4) is 0 Å². The molecule has 22 heavy (non-hydrogen) atoms. The van der Waals surface area contributed by atoms with E-state index in [4.69, 9.17) is 24.5 Å². The van der Waals surface area contributed by atoms with Crippen molar-refractivity contribution in [3.8, 4) is 0 Å². The predicted molar refractivity (Wildman–Crippen MR) is 84.2 cm³/mol. The summed E-state index contributed by atoms with van der Waals surface area (Å²) in [5.74, 6) is 0. The Morgan fingerprint density at radius 3 is 1.18 bits per heavy atom. The monoisotopic (exact) mass is 466 g/mol. The third kappa shape index (κ3) is 21.3. The third-order valence-corrected chi connectivity index (χ3v) is 6.73. The zero-order chi connectivity index (χ0) is 14.8. The molecule has 13 nitrogen and oxygen atoms in total. The summed E-state index contributed by atoms with van der Waals surface area (Å²) >= 11 is 0. The third-order valence-electron chi connectivity index (χ3n) is 0.748. The molecule has 0 saturated carbocycles. The molecule has 0 radical (unpaired) electrons. The number of rotatable bonds is 7. The van der Waals surface area contributed by atoms with Crippen molar-refractivity contribution in [3.63, 3.8) is 0 Å². The van der Waals surface area contributed by atoms with Crippen LogP contribution in [-0.2, 0) is 35.5 Å². The molecule has 22 heteroatoms. The zero-order valence-electron chi connectivity index (χ0n) is 7.87. The van der Waals surface area contributed by atoms with Crippen LogP contribution < -0.4 is 0 Å². The van der Waals surface area contributed by atoms with Gasteiger partial charge < -0.3 is 24.5 Å². The van der Waals surface area contributed by atoms with E-state index in [2.05, 4.69) is 17.2 Å². The summed E-state index contributed by atoms with van der Waals surface area (Å²) in [6, 6.07) is 0. The zero-order valence-corrected chi connectivity index (χ0v) is 12.6. The molecule has 0 aliphatic rings. The van der Waals surface area contributed by atoms with Crippen LogP contribution in [0.1, 0.15) is 0 Å². The van der Waals surface area contributed by atoms with E-state index in [1.807, 2.05) is 0 Å². The summed E-state index contributed by atoms with van der Waals surface area (Å²) in [6.45, 7) is 0. The van der Waals surface area contributed by atoms with Crippen LogP contribution >= 0.6 is 40.8 Å². The quantitative estimate of drug-likeness (QED) is 0.197. The Kier molecular flexibility index (Phi) is 25.6. The number of hydrogen-bond acceptors (Lipinski definition) is 8. The summed E-state index contributed by atoms with van der Waals surface area (Å²) in [5, 5.41) is 0. The normalized spacial score (nSPS) is 16.5. The van der Waals surface area contributed by atoms with Crippen LogP contribution in [-0.4, -0.2) is 143 Å². The van der Waals surface area contributed by atoms with Gasteiger partial charge >= 0.3 is 150 Å². The maximum absolute atomic E-state index is 11.3. The number of hydrogen-bond donors (Lipinski definition) is 5. The van der Waals surface area contributed by atoms with Crippen molar-refractivity contribution in [1.82, 2.24) is 0 Å². The molecule has 0 saturated heterocycles. The molecule has 0 aliphatic heterocycles. The molecule has 0 heterocycles. The van der Waals surface area contributed by atoms with Gasteiger partial charge in [-0.25, -0.2) is 18.3 Å². The van der Waals surface area contributed by atoms with Gasteiger partial charge in [0.15, 0.2) is 0 Å². The number of phosphoric acid groups is 4. The van der Waals surface area contributed by atoms with Gasteiger partial charge in [0.05, 0.1) is 0 Å². The van der Waals surface area contributed by atoms with Gasteiger partial charge in [-0.05, 0) is 0 Å². The Labute approximate surface area is 215 Å². The van der Waals surface area contributed by atoms with Gasteiger partial charge in [-0.1, -0.05) is 0 Å². The summed E-state index contributed by atoms with van der Waals surface area (Å²) in [4.78, 5) is 41.7. The molecule has 0 rings (SSSR count). The minimum absolute atomic E-state index is 0. The summed E-state index contributed by atoms with van der Waals surface area (Å²) < 4.78 is 56.6. The van der Waals surface area contributed by atoms with E-state index in [0.29, 0.717) is 0 Å². The molecule has 3 atom stereocenters. The van der Waals surface area contributed by atoms with Crippen LogP contribution in [0.15, 0.2) is 0 Å². The van der Waals surface area contributed by atoms with Crippen LogP contribution in [0.2, 0.25) is 0 Å². The van der Waals surface area contributed by atoms with E-state index in [-0.39, 0.29) is 118 Å². The predicted octanol–water partition coefficient (Wildman–Crippen LogP) is -2.36. The van der Waals surface area contributed by atoms with Crippen LogP contribution in [0.4, 0.5) is 0 Å². The van der Waals surface area contributed by atoms with Crippen LogP contribution in [0.25, 0.3) is 0 Å². The molecule has 0 aromatic carbocycles. The Balaban J connectivity index is -0.000000241. The molecule has 0 spiro atoms. The summed E-state index contributed by atoms with van der Waals surface area (Å²) in [5.41, 5.74) is 0. The first-order chi connectivity index (χ1) is 7.68. The average Bonchev–Trinajstić information content (AvgIpc) is 1.93. The van der Waals surface area contributed by atoms with Gasteiger partial charge in [-0.3, -0.25) is 4.31 Å². The molecule has 0 aromatic rings. The van der Waals surface area contributed by atoms with Crippen molar-refractivity contribution in [2.75, 3.05) is 0 Å². The van der Waals surface area contributed by atoms with E-state index in [1.54, 1.807) is 0 Å². The van der Waals surface area contributed by atoms with Crippen molar-refractivity contribution in [2.45, 2.75) is 0 Å². The van der Waals surface area contributed by atoms with Gasteiger partial charge in [-0.15, -0.1) is 0 Å². The van der Waals surface area contributed by atoms with Gasteiger partial charge in [0.2, 0.25) is 0 Å². The molecular weight excluding hydrogens is 455 g/mol. The van der Waals surface area contributed by atoms with Crippen LogP contribution in [0, 0.1) is 0 Å². The Hall–Kier alpha value is 4.99. The molecule has 0 aliphatic carbocycles. The standard InChI is InChI=1S/4Na.H7O13P5.4H/c;;;;1-15(2,3)11-17(7,8)13-18(9,10-14)12-16(4,5)6;;;;/h;;;;14H2,(H,7,8)(H2,1,2,3)(H2,4,5,6);;;;. The topological polar surface area (TPSA) is 206 Å². The second-order valence-electron chi connectivity index (χ2n) is 2.25. The van der Waals surface area contributed by atoms with E-state index >= 15 is 0 Å². The SMILES string of the molecule is O=P(O)(O)OP(=O)(O)OP(=O)(OP)OP(=O)(O)O.[NaH].[NaH].[NaH].[NaH]. The van der Waals surface area contributed by atoms with Gasteiger partial charge in [0.25, 0.3) is 0 Å². The van der Waals surface area contributed by atoms with E-state index < -0.39 is 31.3 Å². The van der Waals surface area contributed by atoms with Crippen molar-refractivity contribution in [1.29, 1.82) is 0 Å². The van der Waals surface area contributed by atoms with Gasteiger partial charge in [0, 0.05) is 9.47 Å². The van der Waals surface area contributed by atoms with Crippen molar-refractivity contribution >= 4 is 159 Å². The molecule has 0 fully saturated rings. The first-order valence-corrected chi connectivity index (χ1v) is 9.73. The fourth-order valence-electron chi connectivity index (χ4n) is 0.459. The van der Waals surface area contributed by atoms with Gasteiger partial charge in [0.1, 0.15) is 0 Å². The van der Waals surface area contributed by atoms with Crippen molar-refractivity contribution in [2.24, 2.45) is 0 Å². The molecular formula is H11Na4O13P5. The van der Waals surface area contributed by atoms with E-state index in [0.717, 1.165) is 9.47 Å².